The highest BCUT2D eigenvalue weighted by Gasteiger charge is 2.04. The van der Waals surface area contributed by atoms with Crippen molar-refractivity contribution in [3.8, 4) is 17.6 Å². The number of phenolic OH excluding ortho intramolecular Hbond substituents is 1. The van der Waals surface area contributed by atoms with Gasteiger partial charge in [-0.2, -0.15) is 0 Å². The molecule has 0 saturated carbocycles. The van der Waals surface area contributed by atoms with Crippen LogP contribution < -0.4 is 0 Å². The zero-order valence-electron chi connectivity index (χ0n) is 8.48. The summed E-state index contributed by atoms with van der Waals surface area (Å²) in [7, 11) is 0. The maximum absolute atomic E-state index is 9.59. The molecule has 3 heteroatoms. The first kappa shape index (κ1) is 12.2. The Bertz CT molecular complexity index is 402. The number of aromatic hydroxyl groups is 1. The quantitative estimate of drug-likeness (QED) is 0.608. The molecule has 0 aliphatic carbocycles. The van der Waals surface area contributed by atoms with Crippen LogP contribution in [-0.4, -0.2) is 5.11 Å². The van der Waals surface area contributed by atoms with Gasteiger partial charge in [0.25, 0.3) is 0 Å². The van der Waals surface area contributed by atoms with E-state index < -0.39 is 0 Å². The zero-order chi connectivity index (χ0) is 11.3. The molecule has 0 unspecified atom stereocenters. The van der Waals surface area contributed by atoms with Gasteiger partial charge in [-0.1, -0.05) is 48.4 Å². The van der Waals surface area contributed by atoms with Crippen LogP contribution in [0.3, 0.4) is 0 Å². The Balaban J connectivity index is 2.88. The fourth-order valence-electron chi connectivity index (χ4n) is 1.08. The molecule has 80 valence electrons. The zero-order valence-corrected chi connectivity index (χ0v) is 9.99. The summed E-state index contributed by atoms with van der Waals surface area (Å²) in [4.78, 5) is 0. The molecule has 1 rings (SSSR count). The summed E-state index contributed by atoms with van der Waals surface area (Å²) in [5.41, 5.74) is 0.489. The van der Waals surface area contributed by atoms with Gasteiger partial charge in [0.1, 0.15) is 5.75 Å². The minimum Gasteiger partial charge on any atom is -0.505 e. The summed E-state index contributed by atoms with van der Waals surface area (Å²) < 4.78 is 0. The van der Waals surface area contributed by atoms with E-state index in [-0.39, 0.29) is 10.8 Å². The molecular formula is C12H12Cl2O. The molecule has 0 bridgehead atoms. The topological polar surface area (TPSA) is 20.2 Å². The molecule has 0 amide bonds. The van der Waals surface area contributed by atoms with Crippen molar-refractivity contribution in [2.45, 2.75) is 26.2 Å². The van der Waals surface area contributed by atoms with Crippen LogP contribution in [0.1, 0.15) is 31.7 Å². The Morgan fingerprint density at radius 2 is 2.07 bits per heavy atom. The second kappa shape index (κ2) is 5.90. The highest BCUT2D eigenvalue weighted by Crippen LogP contribution is 2.30. The van der Waals surface area contributed by atoms with Crippen LogP contribution in [-0.2, 0) is 0 Å². The second-order valence-electron chi connectivity index (χ2n) is 3.19. The highest BCUT2D eigenvalue weighted by atomic mass is 35.5. The van der Waals surface area contributed by atoms with Crippen LogP contribution in [0.15, 0.2) is 12.1 Å². The van der Waals surface area contributed by atoms with E-state index in [1.54, 1.807) is 6.07 Å². The molecule has 0 spiro atoms. The molecule has 0 radical (unpaired) electrons. The van der Waals surface area contributed by atoms with Gasteiger partial charge in [-0.15, -0.1) is 0 Å². The molecule has 15 heavy (non-hydrogen) atoms. The molecule has 0 fully saturated rings. The summed E-state index contributed by atoms with van der Waals surface area (Å²) >= 11 is 11.6. The maximum atomic E-state index is 9.59. The molecule has 1 N–H and O–H groups in total. The lowest BCUT2D eigenvalue weighted by Gasteiger charge is -2.00. The highest BCUT2D eigenvalue weighted by molar-refractivity contribution is 6.35. The molecule has 0 heterocycles. The third-order valence-electron chi connectivity index (χ3n) is 1.91. The van der Waals surface area contributed by atoms with Crippen molar-refractivity contribution >= 4 is 23.2 Å². The predicted molar refractivity (Wildman–Crippen MR) is 64.5 cm³/mol. The Kier molecular flexibility index (Phi) is 4.81. The summed E-state index contributed by atoms with van der Waals surface area (Å²) in [6.07, 6.45) is 2.99. The van der Waals surface area contributed by atoms with Gasteiger partial charge in [0.05, 0.1) is 10.6 Å². The van der Waals surface area contributed by atoms with E-state index in [9.17, 15) is 5.11 Å². The van der Waals surface area contributed by atoms with Crippen molar-refractivity contribution in [2.24, 2.45) is 0 Å². The van der Waals surface area contributed by atoms with Crippen LogP contribution in [0, 0.1) is 11.8 Å². The van der Waals surface area contributed by atoms with Gasteiger partial charge in [-0.05, 0) is 18.6 Å². The molecule has 1 aromatic carbocycles. The third kappa shape index (κ3) is 3.66. The van der Waals surface area contributed by atoms with Crippen molar-refractivity contribution in [1.82, 2.24) is 0 Å². The first-order valence-corrected chi connectivity index (χ1v) is 5.57. The van der Waals surface area contributed by atoms with E-state index in [4.69, 9.17) is 23.2 Å². The molecule has 0 aliphatic rings. The van der Waals surface area contributed by atoms with Gasteiger partial charge in [0, 0.05) is 11.4 Å². The van der Waals surface area contributed by atoms with Crippen molar-refractivity contribution < 1.29 is 5.11 Å². The van der Waals surface area contributed by atoms with Gasteiger partial charge in [0.2, 0.25) is 0 Å². The molecule has 0 atom stereocenters. The molecular weight excluding hydrogens is 231 g/mol. The Morgan fingerprint density at radius 1 is 1.33 bits per heavy atom. The van der Waals surface area contributed by atoms with E-state index in [1.807, 2.05) is 0 Å². The Morgan fingerprint density at radius 3 is 2.73 bits per heavy atom. The fourth-order valence-corrected chi connectivity index (χ4v) is 1.58. The van der Waals surface area contributed by atoms with Crippen LogP contribution >= 0.6 is 23.2 Å². The Labute approximate surface area is 100 Å². The minimum atomic E-state index is 0.00469. The predicted octanol–water partition coefficient (Wildman–Crippen LogP) is 4.24. The lowest BCUT2D eigenvalue weighted by atomic mass is 10.2. The van der Waals surface area contributed by atoms with Crippen molar-refractivity contribution in [1.29, 1.82) is 0 Å². The average Bonchev–Trinajstić information content (AvgIpc) is 2.19. The van der Waals surface area contributed by atoms with Crippen LogP contribution in [0.4, 0.5) is 0 Å². The van der Waals surface area contributed by atoms with Crippen LogP contribution in [0.2, 0.25) is 10.0 Å². The average molecular weight is 243 g/mol. The van der Waals surface area contributed by atoms with E-state index >= 15 is 0 Å². The van der Waals surface area contributed by atoms with Crippen LogP contribution in [0.25, 0.3) is 0 Å². The summed E-state index contributed by atoms with van der Waals surface area (Å²) in [6.45, 7) is 2.11. The lowest BCUT2D eigenvalue weighted by molar-refractivity contribution is 0.474. The number of rotatable bonds is 2. The van der Waals surface area contributed by atoms with E-state index in [0.29, 0.717) is 10.6 Å². The summed E-state index contributed by atoms with van der Waals surface area (Å²) in [5.74, 6) is 5.84. The van der Waals surface area contributed by atoms with E-state index in [1.165, 1.54) is 6.07 Å². The van der Waals surface area contributed by atoms with Gasteiger partial charge in [-0.25, -0.2) is 0 Å². The van der Waals surface area contributed by atoms with Gasteiger partial charge < -0.3 is 5.11 Å². The SMILES string of the molecule is CCCCC#Cc1cc(Cl)cc(Cl)c1O. The molecule has 0 aliphatic heterocycles. The number of phenols is 1. The van der Waals surface area contributed by atoms with Gasteiger partial charge >= 0.3 is 0 Å². The van der Waals surface area contributed by atoms with Crippen molar-refractivity contribution in [2.75, 3.05) is 0 Å². The standard InChI is InChI=1S/C12H12Cl2O/c1-2-3-4-5-6-9-7-10(13)8-11(14)12(9)15/h7-8,15H,2-4H2,1H3. The van der Waals surface area contributed by atoms with E-state index in [0.717, 1.165) is 19.3 Å². The minimum absolute atomic E-state index is 0.00469. The number of benzene rings is 1. The fraction of sp³-hybridized carbons (Fsp3) is 0.333. The van der Waals surface area contributed by atoms with Crippen molar-refractivity contribution in [3.05, 3.63) is 27.7 Å². The number of hydrogen-bond acceptors (Lipinski definition) is 1. The number of unbranched alkanes of at least 4 members (excludes halogenated alkanes) is 2. The van der Waals surface area contributed by atoms with Gasteiger partial charge in [0.15, 0.2) is 0 Å². The monoisotopic (exact) mass is 242 g/mol. The summed E-state index contributed by atoms with van der Waals surface area (Å²) in [5, 5.41) is 10.3. The lowest BCUT2D eigenvalue weighted by Crippen LogP contribution is -1.79. The van der Waals surface area contributed by atoms with Gasteiger partial charge in [-0.3, -0.25) is 0 Å². The maximum Gasteiger partial charge on any atom is 0.149 e. The van der Waals surface area contributed by atoms with Crippen LogP contribution in [0.5, 0.6) is 5.75 Å². The first-order valence-electron chi connectivity index (χ1n) is 4.82. The molecule has 0 aromatic heterocycles. The number of halogens is 2. The smallest absolute Gasteiger partial charge is 0.149 e. The Hall–Kier alpha value is -0.840. The molecule has 1 nitrogen and oxygen atoms in total. The number of hydrogen-bond donors (Lipinski definition) is 1. The largest absolute Gasteiger partial charge is 0.505 e. The molecule has 0 saturated heterocycles. The van der Waals surface area contributed by atoms with E-state index in [2.05, 4.69) is 18.8 Å². The first-order chi connectivity index (χ1) is 7.15. The third-order valence-corrected chi connectivity index (χ3v) is 2.41. The second-order valence-corrected chi connectivity index (χ2v) is 4.03. The normalized spacial score (nSPS) is 9.53. The van der Waals surface area contributed by atoms with Crippen molar-refractivity contribution in [3.63, 3.8) is 0 Å². The molecule has 1 aromatic rings. The summed E-state index contributed by atoms with van der Waals surface area (Å²) in [6, 6.07) is 3.11.